The second-order valence-corrected chi connectivity index (χ2v) is 4.85. The van der Waals surface area contributed by atoms with Gasteiger partial charge in [0.1, 0.15) is 11.4 Å². The first-order chi connectivity index (χ1) is 10.8. The van der Waals surface area contributed by atoms with Gasteiger partial charge in [0.05, 0.1) is 5.69 Å². The molecular formula is C14H11F3N4O2. The molecule has 1 atom stereocenters. The van der Waals surface area contributed by atoms with Crippen molar-refractivity contribution in [3.63, 3.8) is 0 Å². The minimum atomic E-state index is -4.55. The van der Waals surface area contributed by atoms with E-state index in [1.165, 1.54) is 6.07 Å². The number of ether oxygens (including phenoxy) is 1. The van der Waals surface area contributed by atoms with Gasteiger partial charge in [-0.1, -0.05) is 0 Å². The molecule has 0 spiro atoms. The number of fused-ring (bicyclic) bond motifs is 1. The largest absolute Gasteiger partial charge is 0.479 e. The predicted octanol–water partition coefficient (Wildman–Crippen LogP) is 2.96. The Morgan fingerprint density at radius 2 is 2.09 bits per heavy atom. The molecule has 0 saturated heterocycles. The molecule has 120 valence electrons. The lowest BCUT2D eigenvalue weighted by atomic mass is 10.2. The van der Waals surface area contributed by atoms with Crippen LogP contribution >= 0.6 is 0 Å². The standard InChI is InChI=1S/C14H11F3N4O2/c1-7-12(22)20-9-6-8(2-3-10(9)23-7)19-13-18-5-4-11(21-13)14(15,16)17/h2-7H,1H3,(H,20,22)(H,18,19,21)/t7-/m1/s1. The molecule has 1 aliphatic heterocycles. The summed E-state index contributed by atoms with van der Waals surface area (Å²) in [6, 6.07) is 5.50. The lowest BCUT2D eigenvalue weighted by Gasteiger charge is -2.23. The fraction of sp³-hybridized carbons (Fsp3) is 0.214. The van der Waals surface area contributed by atoms with Crippen LogP contribution in [0, 0.1) is 0 Å². The number of hydrogen-bond donors (Lipinski definition) is 2. The maximum absolute atomic E-state index is 12.6. The van der Waals surface area contributed by atoms with Gasteiger partial charge in [-0.2, -0.15) is 13.2 Å². The van der Waals surface area contributed by atoms with Gasteiger partial charge in [-0.3, -0.25) is 4.79 Å². The molecule has 2 N–H and O–H groups in total. The van der Waals surface area contributed by atoms with Crippen LogP contribution in [0.15, 0.2) is 30.5 Å². The highest BCUT2D eigenvalue weighted by molar-refractivity contribution is 5.98. The van der Waals surface area contributed by atoms with Crippen LogP contribution in [0.2, 0.25) is 0 Å². The monoisotopic (exact) mass is 324 g/mol. The molecule has 1 amide bonds. The van der Waals surface area contributed by atoms with Gasteiger partial charge in [-0.15, -0.1) is 0 Å². The first kappa shape index (κ1) is 15.1. The van der Waals surface area contributed by atoms with E-state index in [1.54, 1.807) is 19.1 Å². The van der Waals surface area contributed by atoms with Crippen molar-refractivity contribution >= 4 is 23.2 Å². The number of aromatic nitrogens is 2. The summed E-state index contributed by atoms with van der Waals surface area (Å²) in [6.07, 6.45) is -4.14. The number of halogens is 3. The minimum absolute atomic E-state index is 0.198. The van der Waals surface area contributed by atoms with Gasteiger partial charge < -0.3 is 15.4 Å². The lowest BCUT2D eigenvalue weighted by molar-refractivity contribution is -0.141. The van der Waals surface area contributed by atoms with Crippen LogP contribution in [0.25, 0.3) is 0 Å². The Kier molecular flexibility index (Phi) is 3.55. The Bertz CT molecular complexity index is 764. The Labute approximate surface area is 128 Å². The van der Waals surface area contributed by atoms with E-state index in [0.29, 0.717) is 17.1 Å². The molecule has 0 fully saturated rings. The molecule has 0 saturated carbocycles. The number of benzene rings is 1. The number of hydrogen-bond acceptors (Lipinski definition) is 5. The third-order valence-corrected chi connectivity index (χ3v) is 3.11. The number of amides is 1. The van der Waals surface area contributed by atoms with E-state index >= 15 is 0 Å². The average Bonchev–Trinajstić information content (AvgIpc) is 2.48. The maximum atomic E-state index is 12.6. The molecule has 23 heavy (non-hydrogen) atoms. The maximum Gasteiger partial charge on any atom is 0.433 e. The van der Waals surface area contributed by atoms with Gasteiger partial charge >= 0.3 is 6.18 Å². The van der Waals surface area contributed by atoms with E-state index < -0.39 is 18.0 Å². The van der Waals surface area contributed by atoms with Crippen molar-refractivity contribution in [1.29, 1.82) is 0 Å². The summed E-state index contributed by atoms with van der Waals surface area (Å²) < 4.78 is 43.3. The van der Waals surface area contributed by atoms with Crippen LogP contribution in [-0.2, 0) is 11.0 Å². The Balaban J connectivity index is 1.84. The summed E-state index contributed by atoms with van der Waals surface area (Å²) in [4.78, 5) is 18.7. The topological polar surface area (TPSA) is 76.1 Å². The molecule has 0 radical (unpaired) electrons. The second-order valence-electron chi connectivity index (χ2n) is 4.85. The summed E-state index contributed by atoms with van der Waals surface area (Å²) in [5.74, 6) is -0.0197. The highest BCUT2D eigenvalue weighted by atomic mass is 19.4. The molecule has 0 unspecified atom stereocenters. The van der Waals surface area contributed by atoms with Crippen LogP contribution in [-0.4, -0.2) is 22.0 Å². The molecule has 0 bridgehead atoms. The summed E-state index contributed by atoms with van der Waals surface area (Å²) in [5.41, 5.74) is -0.204. The van der Waals surface area contributed by atoms with Gasteiger partial charge in [-0.25, -0.2) is 9.97 Å². The van der Waals surface area contributed by atoms with Crippen LogP contribution in [0.4, 0.5) is 30.5 Å². The molecule has 9 heteroatoms. The number of carbonyl (C=O) groups is 1. The second kappa shape index (κ2) is 5.41. The zero-order valence-corrected chi connectivity index (χ0v) is 11.8. The van der Waals surface area contributed by atoms with Gasteiger partial charge in [0.25, 0.3) is 5.91 Å². The van der Waals surface area contributed by atoms with Gasteiger partial charge in [0.15, 0.2) is 6.10 Å². The number of nitrogens with one attached hydrogen (secondary N) is 2. The highest BCUT2D eigenvalue weighted by Crippen LogP contribution is 2.33. The normalized spacial score (nSPS) is 17.0. The molecule has 3 rings (SSSR count). The van der Waals surface area contributed by atoms with Crippen molar-refractivity contribution in [3.8, 4) is 5.75 Å². The van der Waals surface area contributed by atoms with Crippen molar-refractivity contribution in [3.05, 3.63) is 36.2 Å². The summed E-state index contributed by atoms with van der Waals surface area (Å²) >= 11 is 0. The number of alkyl halides is 3. The van der Waals surface area contributed by atoms with Gasteiger partial charge in [0, 0.05) is 11.9 Å². The van der Waals surface area contributed by atoms with Crippen molar-refractivity contribution in [2.75, 3.05) is 10.6 Å². The van der Waals surface area contributed by atoms with E-state index in [1.807, 2.05) is 0 Å². The highest BCUT2D eigenvalue weighted by Gasteiger charge is 2.32. The van der Waals surface area contributed by atoms with E-state index in [2.05, 4.69) is 20.6 Å². The van der Waals surface area contributed by atoms with Crippen LogP contribution in [0.1, 0.15) is 12.6 Å². The van der Waals surface area contributed by atoms with Gasteiger partial charge in [-0.05, 0) is 31.2 Å². The summed E-state index contributed by atoms with van der Waals surface area (Å²) in [5, 5.41) is 5.31. The van der Waals surface area contributed by atoms with Crippen LogP contribution in [0.3, 0.4) is 0 Å². The quantitative estimate of drug-likeness (QED) is 0.888. The fourth-order valence-electron chi connectivity index (χ4n) is 1.99. The third kappa shape index (κ3) is 3.17. The average molecular weight is 324 g/mol. The van der Waals surface area contributed by atoms with Crippen molar-refractivity contribution < 1.29 is 22.7 Å². The molecule has 1 aliphatic rings. The molecule has 6 nitrogen and oxygen atoms in total. The summed E-state index contributed by atoms with van der Waals surface area (Å²) in [6.45, 7) is 1.61. The smallest absolute Gasteiger partial charge is 0.433 e. The SMILES string of the molecule is C[C@H]1Oc2ccc(Nc3nccc(C(F)(F)F)n3)cc2NC1=O. The van der Waals surface area contributed by atoms with Crippen molar-refractivity contribution in [2.24, 2.45) is 0 Å². The first-order valence-electron chi connectivity index (χ1n) is 6.62. The first-order valence-corrected chi connectivity index (χ1v) is 6.62. The molecule has 2 heterocycles. The van der Waals surface area contributed by atoms with E-state index in [4.69, 9.17) is 4.74 Å². The van der Waals surface area contributed by atoms with Crippen molar-refractivity contribution in [1.82, 2.24) is 9.97 Å². The zero-order valence-electron chi connectivity index (χ0n) is 11.8. The van der Waals surface area contributed by atoms with E-state index in [9.17, 15) is 18.0 Å². The Morgan fingerprint density at radius 3 is 2.83 bits per heavy atom. The molecule has 2 aromatic rings. The Hall–Kier alpha value is -2.84. The third-order valence-electron chi connectivity index (χ3n) is 3.11. The van der Waals surface area contributed by atoms with Crippen molar-refractivity contribution in [2.45, 2.75) is 19.2 Å². The lowest BCUT2D eigenvalue weighted by Crippen LogP contribution is -2.34. The molecule has 1 aromatic heterocycles. The minimum Gasteiger partial charge on any atom is -0.479 e. The predicted molar refractivity (Wildman–Crippen MR) is 75.5 cm³/mol. The summed E-state index contributed by atoms with van der Waals surface area (Å²) in [7, 11) is 0. The molecule has 1 aromatic carbocycles. The molecule has 0 aliphatic carbocycles. The zero-order chi connectivity index (χ0) is 16.6. The molecular weight excluding hydrogens is 313 g/mol. The van der Waals surface area contributed by atoms with E-state index in [0.717, 1.165) is 12.3 Å². The van der Waals surface area contributed by atoms with Crippen LogP contribution < -0.4 is 15.4 Å². The number of anilines is 3. The van der Waals surface area contributed by atoms with Gasteiger partial charge in [0.2, 0.25) is 5.95 Å². The van der Waals surface area contributed by atoms with E-state index in [-0.39, 0.29) is 11.9 Å². The fourth-order valence-corrected chi connectivity index (χ4v) is 1.99. The van der Waals surface area contributed by atoms with Crippen LogP contribution in [0.5, 0.6) is 5.75 Å². The Morgan fingerprint density at radius 1 is 1.30 bits per heavy atom. The number of nitrogens with zero attached hydrogens (tertiary/aromatic N) is 2. The number of carbonyl (C=O) groups excluding carboxylic acids is 1. The number of rotatable bonds is 2.